The van der Waals surface area contributed by atoms with Crippen LogP contribution in [0, 0.1) is 5.82 Å². The number of amides is 2. The summed E-state index contributed by atoms with van der Waals surface area (Å²) in [5, 5.41) is 11.2. The summed E-state index contributed by atoms with van der Waals surface area (Å²) in [5.41, 5.74) is -2.41. The summed E-state index contributed by atoms with van der Waals surface area (Å²) in [4.78, 5) is 44.5. The molecule has 0 spiro atoms. The highest BCUT2D eigenvalue weighted by molar-refractivity contribution is 6.31. The maximum Gasteiger partial charge on any atom is 0.412 e. The number of pyridine rings is 2. The van der Waals surface area contributed by atoms with E-state index in [4.69, 9.17) is 11.6 Å². The minimum absolute atomic E-state index is 0.0617. The van der Waals surface area contributed by atoms with Crippen molar-refractivity contribution in [2.24, 2.45) is 0 Å². The van der Waals surface area contributed by atoms with E-state index in [9.17, 15) is 37.1 Å². The number of anilines is 1. The van der Waals surface area contributed by atoms with E-state index in [1.54, 1.807) is 0 Å². The molecule has 2 aromatic carbocycles. The van der Waals surface area contributed by atoms with Crippen molar-refractivity contribution in [2.75, 3.05) is 11.4 Å². The second-order valence-corrected chi connectivity index (χ2v) is 9.41. The molecule has 13 heteroatoms. The zero-order chi connectivity index (χ0) is 28.8. The van der Waals surface area contributed by atoms with Crippen LogP contribution >= 0.6 is 11.6 Å². The summed E-state index contributed by atoms with van der Waals surface area (Å²) in [6.07, 6.45) is -5.14. The van der Waals surface area contributed by atoms with E-state index in [0.29, 0.717) is 0 Å². The van der Waals surface area contributed by atoms with Crippen LogP contribution in [0.15, 0.2) is 71.7 Å². The molecule has 40 heavy (non-hydrogen) atoms. The fourth-order valence-electron chi connectivity index (χ4n) is 4.48. The number of aromatic nitrogens is 2. The van der Waals surface area contributed by atoms with Crippen LogP contribution in [0.1, 0.15) is 28.4 Å². The van der Waals surface area contributed by atoms with Gasteiger partial charge in [0.2, 0.25) is 5.43 Å². The predicted octanol–water partition coefficient (Wildman–Crippen LogP) is 4.31. The van der Waals surface area contributed by atoms with E-state index in [0.717, 1.165) is 22.9 Å². The van der Waals surface area contributed by atoms with Crippen molar-refractivity contribution in [3.63, 3.8) is 0 Å². The van der Waals surface area contributed by atoms with Crippen molar-refractivity contribution in [1.82, 2.24) is 14.9 Å². The van der Waals surface area contributed by atoms with Crippen LogP contribution in [0.2, 0.25) is 5.02 Å². The first-order chi connectivity index (χ1) is 19.0. The molecule has 1 aliphatic heterocycles. The molecule has 1 fully saturated rings. The molecule has 2 aromatic heterocycles. The number of halogens is 5. The molecule has 0 bridgehead atoms. The first-order valence-corrected chi connectivity index (χ1v) is 12.3. The molecule has 2 amide bonds. The van der Waals surface area contributed by atoms with E-state index in [1.807, 2.05) is 5.32 Å². The highest BCUT2D eigenvalue weighted by Gasteiger charge is 2.43. The van der Waals surface area contributed by atoms with E-state index in [1.165, 1.54) is 53.4 Å². The van der Waals surface area contributed by atoms with Crippen LogP contribution in [-0.2, 0) is 4.79 Å². The Morgan fingerprint density at radius 2 is 1.77 bits per heavy atom. The molecular weight excluding hydrogens is 556 g/mol. The van der Waals surface area contributed by atoms with Crippen LogP contribution in [-0.4, -0.2) is 45.3 Å². The van der Waals surface area contributed by atoms with Crippen LogP contribution in [0.5, 0.6) is 0 Å². The number of alkyl halides is 3. The van der Waals surface area contributed by atoms with Gasteiger partial charge in [0.15, 0.2) is 11.7 Å². The van der Waals surface area contributed by atoms with Gasteiger partial charge in [0.1, 0.15) is 23.3 Å². The molecule has 5 rings (SSSR count). The maximum absolute atomic E-state index is 14.9. The van der Waals surface area contributed by atoms with E-state index >= 15 is 0 Å². The molecule has 206 valence electrons. The third kappa shape index (κ3) is 4.91. The summed E-state index contributed by atoms with van der Waals surface area (Å²) in [5.74, 6) is -2.70. The Hall–Kier alpha value is -4.29. The Morgan fingerprint density at radius 3 is 2.42 bits per heavy atom. The number of para-hydroxylation sites is 1. The number of hydrogen-bond acceptors (Lipinski definition) is 5. The first-order valence-electron chi connectivity index (χ1n) is 11.9. The fraction of sp³-hybridized carbons (Fsp3) is 0.185. The second-order valence-electron chi connectivity index (χ2n) is 9.00. The van der Waals surface area contributed by atoms with Gasteiger partial charge in [0.05, 0.1) is 11.1 Å². The van der Waals surface area contributed by atoms with Crippen molar-refractivity contribution in [2.45, 2.75) is 24.7 Å². The van der Waals surface area contributed by atoms with Gasteiger partial charge in [-0.05, 0) is 30.3 Å². The highest BCUT2D eigenvalue weighted by atomic mass is 35.5. The molecule has 1 aliphatic rings. The molecule has 2 N–H and O–H groups in total. The smallest absolute Gasteiger partial charge is 0.383 e. The number of carbonyl (C=O) groups is 2. The molecule has 0 saturated carbocycles. The zero-order valence-electron chi connectivity index (χ0n) is 20.3. The Morgan fingerprint density at radius 1 is 1.07 bits per heavy atom. The Kier molecular flexibility index (Phi) is 7.06. The number of fused-ring (bicyclic) bond motifs is 1. The van der Waals surface area contributed by atoms with Crippen molar-refractivity contribution in [1.29, 1.82) is 0 Å². The van der Waals surface area contributed by atoms with Crippen LogP contribution < -0.4 is 15.6 Å². The van der Waals surface area contributed by atoms with Gasteiger partial charge in [-0.25, -0.2) is 9.37 Å². The van der Waals surface area contributed by atoms with Crippen LogP contribution in [0.25, 0.3) is 16.7 Å². The molecular formula is C27H19ClF4N4O4. The zero-order valence-corrected chi connectivity index (χ0v) is 21.1. The van der Waals surface area contributed by atoms with Crippen molar-refractivity contribution < 1.29 is 32.3 Å². The third-order valence-electron chi connectivity index (χ3n) is 6.47. The van der Waals surface area contributed by atoms with Gasteiger partial charge in [-0.15, -0.1) is 0 Å². The number of carbonyl (C=O) groups excluding carboxylic acids is 2. The molecule has 4 aromatic rings. The minimum Gasteiger partial charge on any atom is -0.383 e. The number of rotatable bonds is 5. The highest BCUT2D eigenvalue weighted by Crippen LogP contribution is 2.36. The van der Waals surface area contributed by atoms with Gasteiger partial charge in [0, 0.05) is 29.7 Å². The van der Waals surface area contributed by atoms with E-state index in [2.05, 4.69) is 4.98 Å². The molecule has 2 atom stereocenters. The average Bonchev–Trinajstić information content (AvgIpc) is 3.25. The quantitative estimate of drug-likeness (QED) is 0.346. The van der Waals surface area contributed by atoms with Crippen molar-refractivity contribution in [3.05, 3.63) is 99.1 Å². The Balaban J connectivity index is 1.67. The van der Waals surface area contributed by atoms with Gasteiger partial charge in [-0.3, -0.25) is 23.9 Å². The van der Waals surface area contributed by atoms with Crippen molar-refractivity contribution in [3.8, 4) is 5.69 Å². The standard InChI is InChI=1S/C27H19ClF4N4O4/c28-17-6-2-1-5-14(17)23(27(30,31)32)34-25(39)16-13-36(19-8-4-3-7-18(19)29)24-15(22(16)38)9-10-21(33-24)35-12-11-20(37)26(35)40/h1-10,13,20,23,37H,11-12H2,(H,34,39). The van der Waals surface area contributed by atoms with Crippen molar-refractivity contribution >= 4 is 40.3 Å². The predicted molar refractivity (Wildman–Crippen MR) is 138 cm³/mol. The SMILES string of the molecule is O=C(NC(c1ccccc1Cl)C(F)(F)F)c1cn(-c2ccccc2F)c2nc(N3CCC(O)C3=O)ccc2c1=O. The van der Waals surface area contributed by atoms with E-state index < -0.39 is 52.5 Å². The van der Waals surface area contributed by atoms with Gasteiger partial charge >= 0.3 is 6.18 Å². The topological polar surface area (TPSA) is 105 Å². The molecule has 1 saturated heterocycles. The lowest BCUT2D eigenvalue weighted by Gasteiger charge is -2.23. The maximum atomic E-state index is 14.9. The molecule has 0 radical (unpaired) electrons. The average molecular weight is 575 g/mol. The first kappa shape index (κ1) is 27.3. The molecule has 2 unspecified atom stereocenters. The Bertz CT molecular complexity index is 1710. The molecule has 0 aliphatic carbocycles. The monoisotopic (exact) mass is 574 g/mol. The number of aliphatic hydroxyl groups is 1. The molecule has 8 nitrogen and oxygen atoms in total. The lowest BCUT2D eigenvalue weighted by Crippen LogP contribution is -2.40. The Labute approximate surface area is 228 Å². The summed E-state index contributed by atoms with van der Waals surface area (Å²) >= 11 is 5.96. The van der Waals surface area contributed by atoms with Gasteiger partial charge in [-0.1, -0.05) is 41.9 Å². The summed E-state index contributed by atoms with van der Waals surface area (Å²) in [6, 6.07) is 10.4. The molecule has 3 heterocycles. The largest absolute Gasteiger partial charge is 0.412 e. The van der Waals surface area contributed by atoms with Crippen LogP contribution in [0.3, 0.4) is 0 Å². The normalized spacial score (nSPS) is 16.4. The number of aliphatic hydroxyl groups excluding tert-OH is 1. The number of nitrogens with zero attached hydrogens (tertiary/aromatic N) is 3. The lowest BCUT2D eigenvalue weighted by atomic mass is 10.1. The fourth-order valence-corrected chi connectivity index (χ4v) is 4.73. The van der Waals surface area contributed by atoms with Gasteiger partial charge in [0.25, 0.3) is 11.8 Å². The number of benzene rings is 2. The number of nitrogens with one attached hydrogen (secondary N) is 1. The summed E-state index contributed by atoms with van der Waals surface area (Å²) < 4.78 is 57.9. The summed E-state index contributed by atoms with van der Waals surface area (Å²) in [7, 11) is 0. The number of hydrogen-bond donors (Lipinski definition) is 2. The minimum atomic E-state index is -4.97. The second kappa shape index (κ2) is 10.4. The van der Waals surface area contributed by atoms with E-state index in [-0.39, 0.29) is 40.5 Å². The van der Waals surface area contributed by atoms with Crippen LogP contribution in [0.4, 0.5) is 23.4 Å². The van der Waals surface area contributed by atoms with Gasteiger partial charge < -0.3 is 10.4 Å². The summed E-state index contributed by atoms with van der Waals surface area (Å²) in [6.45, 7) is 0.143. The third-order valence-corrected chi connectivity index (χ3v) is 6.81. The lowest BCUT2D eigenvalue weighted by molar-refractivity contribution is -0.155. The van der Waals surface area contributed by atoms with Gasteiger partial charge in [-0.2, -0.15) is 13.2 Å².